The van der Waals surface area contributed by atoms with Gasteiger partial charge in [-0.2, -0.15) is 0 Å². The molecule has 3 rings (SSSR count). The van der Waals surface area contributed by atoms with Crippen molar-refractivity contribution < 1.29 is 9.32 Å². The Balaban J connectivity index is 1.55. The molecule has 0 aromatic carbocycles. The largest absolute Gasteiger partial charge is 0.384 e. The van der Waals surface area contributed by atoms with Crippen LogP contribution in [0.15, 0.2) is 22.9 Å². The van der Waals surface area contributed by atoms with Crippen LogP contribution in [0.3, 0.4) is 0 Å². The van der Waals surface area contributed by atoms with Gasteiger partial charge in [0.05, 0.1) is 24.0 Å². The van der Waals surface area contributed by atoms with E-state index in [1.165, 1.54) is 0 Å². The molecule has 0 unspecified atom stereocenters. The first-order valence-electron chi connectivity index (χ1n) is 8.70. The summed E-state index contributed by atoms with van der Waals surface area (Å²) >= 11 is 0. The predicted molar refractivity (Wildman–Crippen MR) is 96.2 cm³/mol. The zero-order valence-corrected chi connectivity index (χ0v) is 14.8. The Bertz CT molecular complexity index is 706. The minimum absolute atomic E-state index is 0.143. The number of hydrogen-bond donors (Lipinski definition) is 2. The maximum absolute atomic E-state index is 12.6. The number of carbonyl (C=O) groups is 1. The molecule has 3 N–H and O–H groups in total. The Kier molecular flexibility index (Phi) is 5.21. The van der Waals surface area contributed by atoms with Gasteiger partial charge >= 0.3 is 0 Å². The predicted octanol–water partition coefficient (Wildman–Crippen LogP) is 2.30. The Morgan fingerprint density at radius 1 is 1.36 bits per heavy atom. The third kappa shape index (κ3) is 4.29. The van der Waals surface area contributed by atoms with Crippen molar-refractivity contribution in [3.63, 3.8) is 0 Å². The number of likely N-dealkylation sites (tertiary alicyclic amines) is 1. The van der Waals surface area contributed by atoms with Crippen molar-refractivity contribution in [2.24, 2.45) is 0 Å². The number of carbonyl (C=O) groups excluding carboxylic acids is 1. The highest BCUT2D eigenvalue weighted by molar-refractivity contribution is 5.79. The molecule has 1 fully saturated rings. The topological polar surface area (TPSA) is 97.3 Å². The number of amides is 1. The van der Waals surface area contributed by atoms with Crippen LogP contribution in [-0.4, -0.2) is 40.1 Å². The second-order valence-corrected chi connectivity index (χ2v) is 6.60. The van der Waals surface area contributed by atoms with E-state index in [1.807, 2.05) is 24.8 Å². The maximum Gasteiger partial charge on any atom is 0.227 e. The van der Waals surface area contributed by atoms with Crippen LogP contribution in [0.2, 0.25) is 0 Å². The molecule has 2 aromatic heterocycles. The highest BCUT2D eigenvalue weighted by Crippen LogP contribution is 2.19. The van der Waals surface area contributed by atoms with E-state index >= 15 is 0 Å². The highest BCUT2D eigenvalue weighted by Gasteiger charge is 2.22. The SMILES string of the molecule is Cc1noc(C)c1CC(=O)N1CCC[C@H](Nc2ccc(N)nc2)CC1. The van der Waals surface area contributed by atoms with Crippen LogP contribution in [0.1, 0.15) is 36.3 Å². The molecular weight excluding hydrogens is 318 g/mol. The van der Waals surface area contributed by atoms with Crippen molar-refractivity contribution in [3.8, 4) is 0 Å². The summed E-state index contributed by atoms with van der Waals surface area (Å²) in [6, 6.07) is 4.06. The number of nitrogens with one attached hydrogen (secondary N) is 1. The van der Waals surface area contributed by atoms with E-state index in [-0.39, 0.29) is 5.91 Å². The lowest BCUT2D eigenvalue weighted by Crippen LogP contribution is -2.34. The number of nitrogens with zero attached hydrogens (tertiary/aromatic N) is 3. The number of nitrogen functional groups attached to an aromatic ring is 1. The van der Waals surface area contributed by atoms with Gasteiger partial charge in [0, 0.05) is 24.7 Å². The van der Waals surface area contributed by atoms with E-state index in [4.69, 9.17) is 10.3 Å². The third-order valence-corrected chi connectivity index (χ3v) is 4.75. The summed E-state index contributed by atoms with van der Waals surface area (Å²) in [5, 5.41) is 7.42. The molecule has 7 heteroatoms. The van der Waals surface area contributed by atoms with Crippen LogP contribution in [0.25, 0.3) is 0 Å². The van der Waals surface area contributed by atoms with Crippen molar-refractivity contribution in [2.75, 3.05) is 24.1 Å². The van der Waals surface area contributed by atoms with Crippen LogP contribution < -0.4 is 11.1 Å². The van der Waals surface area contributed by atoms with E-state index in [2.05, 4.69) is 15.5 Å². The molecule has 1 saturated heterocycles. The van der Waals surface area contributed by atoms with Gasteiger partial charge in [-0.1, -0.05) is 5.16 Å². The molecule has 1 aliphatic rings. The Morgan fingerprint density at radius 3 is 2.88 bits per heavy atom. The van der Waals surface area contributed by atoms with Crippen LogP contribution in [0.4, 0.5) is 11.5 Å². The quantitative estimate of drug-likeness (QED) is 0.884. The first-order chi connectivity index (χ1) is 12.0. The Morgan fingerprint density at radius 2 is 2.20 bits per heavy atom. The molecule has 3 heterocycles. The van der Waals surface area contributed by atoms with Crippen LogP contribution in [-0.2, 0) is 11.2 Å². The van der Waals surface area contributed by atoms with Crippen LogP contribution in [0.5, 0.6) is 0 Å². The molecule has 2 aromatic rings. The van der Waals surface area contributed by atoms with Gasteiger partial charge < -0.3 is 20.5 Å². The van der Waals surface area contributed by atoms with E-state index in [0.717, 1.165) is 55.1 Å². The maximum atomic E-state index is 12.6. The summed E-state index contributed by atoms with van der Waals surface area (Å²) in [7, 11) is 0. The van der Waals surface area contributed by atoms with Crippen molar-refractivity contribution in [1.29, 1.82) is 0 Å². The summed E-state index contributed by atoms with van der Waals surface area (Å²) in [5.74, 6) is 1.39. The van der Waals surface area contributed by atoms with E-state index < -0.39 is 0 Å². The van der Waals surface area contributed by atoms with E-state index in [9.17, 15) is 4.79 Å². The first-order valence-corrected chi connectivity index (χ1v) is 8.70. The molecule has 0 saturated carbocycles. The number of aryl methyl sites for hydroxylation is 2. The third-order valence-electron chi connectivity index (χ3n) is 4.75. The van der Waals surface area contributed by atoms with Gasteiger partial charge in [0.2, 0.25) is 5.91 Å². The average molecular weight is 343 g/mol. The van der Waals surface area contributed by atoms with Crippen LogP contribution >= 0.6 is 0 Å². The van der Waals surface area contributed by atoms with Crippen LogP contribution in [0, 0.1) is 13.8 Å². The molecule has 0 radical (unpaired) electrons. The molecule has 0 bridgehead atoms. The molecule has 0 spiro atoms. The van der Waals surface area contributed by atoms with Gasteiger partial charge in [0.25, 0.3) is 0 Å². The lowest BCUT2D eigenvalue weighted by atomic mass is 10.1. The van der Waals surface area contributed by atoms with Gasteiger partial charge in [0.1, 0.15) is 11.6 Å². The van der Waals surface area contributed by atoms with Gasteiger partial charge in [-0.25, -0.2) is 4.98 Å². The van der Waals surface area contributed by atoms with Crippen molar-refractivity contribution >= 4 is 17.4 Å². The molecule has 7 nitrogen and oxygen atoms in total. The highest BCUT2D eigenvalue weighted by atomic mass is 16.5. The van der Waals surface area contributed by atoms with Crippen molar-refractivity contribution in [2.45, 2.75) is 45.6 Å². The zero-order chi connectivity index (χ0) is 17.8. The minimum Gasteiger partial charge on any atom is -0.384 e. The van der Waals surface area contributed by atoms with Crippen molar-refractivity contribution in [3.05, 3.63) is 35.3 Å². The average Bonchev–Trinajstić information content (AvgIpc) is 2.79. The number of nitrogens with two attached hydrogens (primary N) is 1. The van der Waals surface area contributed by atoms with Gasteiger partial charge in [-0.15, -0.1) is 0 Å². The molecule has 0 aliphatic carbocycles. The summed E-state index contributed by atoms with van der Waals surface area (Å²) in [6.45, 7) is 5.27. The fourth-order valence-electron chi connectivity index (χ4n) is 3.23. The molecule has 1 aliphatic heterocycles. The molecule has 1 atom stereocenters. The van der Waals surface area contributed by atoms with Gasteiger partial charge in [-0.05, 0) is 45.2 Å². The summed E-state index contributed by atoms with van der Waals surface area (Å²) in [4.78, 5) is 18.7. The fourth-order valence-corrected chi connectivity index (χ4v) is 3.23. The lowest BCUT2D eigenvalue weighted by Gasteiger charge is -2.21. The number of hydrogen-bond acceptors (Lipinski definition) is 6. The Hall–Kier alpha value is -2.57. The monoisotopic (exact) mass is 343 g/mol. The number of anilines is 2. The first kappa shape index (κ1) is 17.3. The zero-order valence-electron chi connectivity index (χ0n) is 14.8. The number of rotatable bonds is 4. The van der Waals surface area contributed by atoms with E-state index in [0.29, 0.717) is 18.3 Å². The second-order valence-electron chi connectivity index (χ2n) is 6.60. The lowest BCUT2D eigenvalue weighted by molar-refractivity contribution is -0.130. The van der Waals surface area contributed by atoms with Gasteiger partial charge in [0.15, 0.2) is 0 Å². The second kappa shape index (κ2) is 7.55. The molecule has 1 amide bonds. The molecule has 25 heavy (non-hydrogen) atoms. The smallest absolute Gasteiger partial charge is 0.227 e. The molecular formula is C18H25N5O2. The summed E-state index contributed by atoms with van der Waals surface area (Å²) < 4.78 is 5.15. The van der Waals surface area contributed by atoms with E-state index in [1.54, 1.807) is 12.3 Å². The normalized spacial score (nSPS) is 18.0. The summed E-state index contributed by atoms with van der Waals surface area (Å²) in [6.07, 6.45) is 5.03. The summed E-state index contributed by atoms with van der Waals surface area (Å²) in [5.41, 5.74) is 8.30. The van der Waals surface area contributed by atoms with Gasteiger partial charge in [-0.3, -0.25) is 4.79 Å². The fraction of sp³-hybridized carbons (Fsp3) is 0.500. The standard InChI is InChI=1S/C18H25N5O2/c1-12-16(13(2)25-22-12)10-18(24)23-8-3-4-14(7-9-23)21-15-5-6-17(19)20-11-15/h5-6,11,14,21H,3-4,7-10H2,1-2H3,(H2,19,20)/t14-/m0/s1. The number of aromatic nitrogens is 2. The minimum atomic E-state index is 0.143. The number of pyridine rings is 1. The molecule has 134 valence electrons. The Labute approximate surface area is 147 Å². The van der Waals surface area contributed by atoms with Crippen molar-refractivity contribution in [1.82, 2.24) is 15.0 Å².